The lowest BCUT2D eigenvalue weighted by Crippen LogP contribution is -2.43. The zero-order valence-corrected chi connectivity index (χ0v) is 12.9. The van der Waals surface area contributed by atoms with E-state index in [0.29, 0.717) is 17.8 Å². The first kappa shape index (κ1) is 14.4. The lowest BCUT2D eigenvalue weighted by molar-refractivity contribution is 0.0587. The standard InChI is InChI=1S/C18H26N2O/c1-2-13-3-9-16(10-4-13)20(17-11-12-17)18(21)14-5-7-15(19)8-6-14/h5-8,13,16-17H,2-4,9-12,19H2,1H3. The maximum absolute atomic E-state index is 12.9. The molecule has 3 rings (SSSR count). The number of rotatable bonds is 4. The summed E-state index contributed by atoms with van der Waals surface area (Å²) in [5.41, 5.74) is 7.23. The summed E-state index contributed by atoms with van der Waals surface area (Å²) in [6.07, 6.45) is 8.54. The summed E-state index contributed by atoms with van der Waals surface area (Å²) in [7, 11) is 0. The summed E-state index contributed by atoms with van der Waals surface area (Å²) in [4.78, 5) is 15.1. The molecule has 0 aliphatic heterocycles. The van der Waals surface area contributed by atoms with Crippen molar-refractivity contribution in [1.29, 1.82) is 0 Å². The van der Waals surface area contributed by atoms with Crippen LogP contribution in [0.5, 0.6) is 0 Å². The van der Waals surface area contributed by atoms with E-state index < -0.39 is 0 Å². The van der Waals surface area contributed by atoms with E-state index in [2.05, 4.69) is 11.8 Å². The molecule has 0 radical (unpaired) electrons. The zero-order chi connectivity index (χ0) is 14.8. The third-order valence-electron chi connectivity index (χ3n) is 5.12. The number of carbonyl (C=O) groups excluding carboxylic acids is 1. The Hall–Kier alpha value is -1.51. The highest BCUT2D eigenvalue weighted by Crippen LogP contribution is 2.37. The lowest BCUT2D eigenvalue weighted by atomic mass is 9.83. The fraction of sp³-hybridized carbons (Fsp3) is 0.611. The van der Waals surface area contributed by atoms with E-state index in [1.54, 1.807) is 0 Å². The molecule has 3 nitrogen and oxygen atoms in total. The maximum atomic E-state index is 12.9. The first-order valence-electron chi connectivity index (χ1n) is 8.37. The highest BCUT2D eigenvalue weighted by molar-refractivity contribution is 5.95. The second-order valence-corrected chi connectivity index (χ2v) is 6.65. The number of carbonyl (C=O) groups is 1. The van der Waals surface area contributed by atoms with Gasteiger partial charge in [-0.25, -0.2) is 0 Å². The van der Waals surface area contributed by atoms with Crippen molar-refractivity contribution in [3.05, 3.63) is 29.8 Å². The molecule has 0 saturated heterocycles. The summed E-state index contributed by atoms with van der Waals surface area (Å²) in [6.45, 7) is 2.28. The Labute approximate surface area is 127 Å². The molecular formula is C18H26N2O. The van der Waals surface area contributed by atoms with Gasteiger partial charge in [0.1, 0.15) is 0 Å². The van der Waals surface area contributed by atoms with Crippen LogP contribution in [-0.4, -0.2) is 22.9 Å². The van der Waals surface area contributed by atoms with E-state index in [0.717, 1.165) is 11.5 Å². The van der Waals surface area contributed by atoms with Crippen LogP contribution < -0.4 is 5.73 Å². The van der Waals surface area contributed by atoms with E-state index in [1.165, 1.54) is 44.9 Å². The van der Waals surface area contributed by atoms with Gasteiger partial charge in [0.15, 0.2) is 0 Å². The molecule has 0 unspecified atom stereocenters. The molecule has 1 aromatic carbocycles. The molecule has 2 aliphatic rings. The van der Waals surface area contributed by atoms with Gasteiger partial charge in [-0.05, 0) is 68.7 Å². The molecule has 0 aromatic heterocycles. The Morgan fingerprint density at radius 3 is 2.05 bits per heavy atom. The summed E-state index contributed by atoms with van der Waals surface area (Å²) in [5.74, 6) is 1.08. The van der Waals surface area contributed by atoms with Crippen LogP contribution in [0.4, 0.5) is 5.69 Å². The number of nitrogens with two attached hydrogens (primary N) is 1. The third kappa shape index (κ3) is 3.22. The zero-order valence-electron chi connectivity index (χ0n) is 12.9. The normalized spacial score (nSPS) is 25.6. The first-order valence-corrected chi connectivity index (χ1v) is 8.37. The van der Waals surface area contributed by atoms with E-state index in [-0.39, 0.29) is 5.91 Å². The van der Waals surface area contributed by atoms with E-state index in [4.69, 9.17) is 5.73 Å². The van der Waals surface area contributed by atoms with Gasteiger partial charge >= 0.3 is 0 Å². The van der Waals surface area contributed by atoms with Crippen molar-refractivity contribution in [2.75, 3.05) is 5.73 Å². The topological polar surface area (TPSA) is 46.3 Å². The molecule has 21 heavy (non-hydrogen) atoms. The minimum absolute atomic E-state index is 0.206. The second-order valence-electron chi connectivity index (χ2n) is 6.65. The van der Waals surface area contributed by atoms with Crippen molar-refractivity contribution in [3.63, 3.8) is 0 Å². The molecule has 2 saturated carbocycles. The van der Waals surface area contributed by atoms with Crippen LogP contribution in [0, 0.1) is 5.92 Å². The van der Waals surface area contributed by atoms with Crippen LogP contribution in [0.3, 0.4) is 0 Å². The highest BCUT2D eigenvalue weighted by atomic mass is 16.2. The molecule has 3 heteroatoms. The third-order valence-corrected chi connectivity index (χ3v) is 5.12. The van der Waals surface area contributed by atoms with Crippen LogP contribution in [0.25, 0.3) is 0 Å². The molecule has 114 valence electrons. The van der Waals surface area contributed by atoms with Crippen LogP contribution in [0.1, 0.15) is 62.2 Å². The smallest absolute Gasteiger partial charge is 0.254 e. The van der Waals surface area contributed by atoms with Crippen molar-refractivity contribution in [3.8, 4) is 0 Å². The maximum Gasteiger partial charge on any atom is 0.254 e. The van der Waals surface area contributed by atoms with Gasteiger partial charge in [0.2, 0.25) is 0 Å². The number of hydrogen-bond donors (Lipinski definition) is 1. The van der Waals surface area contributed by atoms with Gasteiger partial charge < -0.3 is 10.6 Å². The average molecular weight is 286 g/mol. The summed E-state index contributed by atoms with van der Waals surface area (Å²) < 4.78 is 0. The molecule has 0 bridgehead atoms. The molecule has 2 fully saturated rings. The predicted octanol–water partition coefficient (Wildman–Crippen LogP) is 3.84. The fourth-order valence-electron chi connectivity index (χ4n) is 3.59. The highest BCUT2D eigenvalue weighted by Gasteiger charge is 2.38. The molecule has 1 aromatic rings. The van der Waals surface area contributed by atoms with Gasteiger partial charge in [-0.15, -0.1) is 0 Å². The van der Waals surface area contributed by atoms with Gasteiger partial charge in [-0.1, -0.05) is 13.3 Å². The summed E-state index contributed by atoms with van der Waals surface area (Å²) >= 11 is 0. The molecule has 0 heterocycles. The van der Waals surface area contributed by atoms with Gasteiger partial charge in [0.25, 0.3) is 5.91 Å². The monoisotopic (exact) mass is 286 g/mol. The van der Waals surface area contributed by atoms with Crippen LogP contribution in [0.2, 0.25) is 0 Å². The Morgan fingerprint density at radius 2 is 1.57 bits per heavy atom. The molecule has 2 N–H and O–H groups in total. The van der Waals surface area contributed by atoms with Crippen molar-refractivity contribution in [2.45, 2.75) is 64.0 Å². The van der Waals surface area contributed by atoms with E-state index in [1.807, 2.05) is 24.3 Å². The average Bonchev–Trinajstić information content (AvgIpc) is 3.33. The van der Waals surface area contributed by atoms with Gasteiger partial charge in [-0.2, -0.15) is 0 Å². The fourth-order valence-corrected chi connectivity index (χ4v) is 3.59. The van der Waals surface area contributed by atoms with Crippen molar-refractivity contribution >= 4 is 11.6 Å². The van der Waals surface area contributed by atoms with Gasteiger partial charge in [0.05, 0.1) is 0 Å². The Morgan fingerprint density at radius 1 is 1.05 bits per heavy atom. The van der Waals surface area contributed by atoms with Crippen LogP contribution in [0.15, 0.2) is 24.3 Å². The predicted molar refractivity (Wildman–Crippen MR) is 86.1 cm³/mol. The number of amides is 1. The summed E-state index contributed by atoms with van der Waals surface area (Å²) in [6, 6.07) is 8.32. The second kappa shape index (κ2) is 6.08. The van der Waals surface area contributed by atoms with Gasteiger partial charge in [-0.3, -0.25) is 4.79 Å². The van der Waals surface area contributed by atoms with Gasteiger partial charge in [0, 0.05) is 23.3 Å². The SMILES string of the molecule is CCC1CCC(N(C(=O)c2ccc(N)cc2)C2CC2)CC1. The largest absolute Gasteiger partial charge is 0.399 e. The number of nitrogen functional groups attached to an aromatic ring is 1. The van der Waals surface area contributed by atoms with E-state index in [9.17, 15) is 4.79 Å². The number of hydrogen-bond acceptors (Lipinski definition) is 2. The molecule has 2 aliphatic carbocycles. The van der Waals surface area contributed by atoms with Crippen molar-refractivity contribution in [1.82, 2.24) is 4.90 Å². The molecular weight excluding hydrogens is 260 g/mol. The molecule has 1 amide bonds. The van der Waals surface area contributed by atoms with E-state index >= 15 is 0 Å². The number of anilines is 1. The first-order chi connectivity index (χ1) is 10.2. The van der Waals surface area contributed by atoms with Crippen molar-refractivity contribution in [2.24, 2.45) is 5.92 Å². The minimum Gasteiger partial charge on any atom is -0.399 e. The Balaban J connectivity index is 1.72. The van der Waals surface area contributed by atoms with Crippen LogP contribution in [-0.2, 0) is 0 Å². The number of nitrogens with zero attached hydrogens (tertiary/aromatic N) is 1. The summed E-state index contributed by atoms with van der Waals surface area (Å²) in [5, 5.41) is 0. The Kier molecular flexibility index (Phi) is 4.18. The van der Waals surface area contributed by atoms with Crippen molar-refractivity contribution < 1.29 is 4.79 Å². The molecule has 0 atom stereocenters. The Bertz CT molecular complexity index is 484. The van der Waals surface area contributed by atoms with Crippen LogP contribution >= 0.6 is 0 Å². The minimum atomic E-state index is 0.206. The number of benzene rings is 1. The molecule has 0 spiro atoms. The lowest BCUT2D eigenvalue weighted by Gasteiger charge is -2.37. The quantitative estimate of drug-likeness (QED) is 0.855.